The Kier molecular flexibility index (Phi) is 5.15. The molecule has 6 heteroatoms. The molecule has 0 aromatic heterocycles. The predicted molar refractivity (Wildman–Crippen MR) is 69.9 cm³/mol. The molecule has 0 heterocycles. The molecule has 0 saturated heterocycles. The molecule has 0 bridgehead atoms. The summed E-state index contributed by atoms with van der Waals surface area (Å²) in [7, 11) is 1.28. The van der Waals surface area contributed by atoms with E-state index in [0.717, 1.165) is 0 Å². The number of phenolic OH excluding ortho intramolecular Hbond substituents is 1. The average Bonchev–Trinajstić information content (AvgIpc) is 2.34. The van der Waals surface area contributed by atoms with Gasteiger partial charge < -0.3 is 15.2 Å². The fraction of sp³-hybridized carbons (Fsp3) is 0.333. The Morgan fingerprint density at radius 3 is 2.72 bits per heavy atom. The van der Waals surface area contributed by atoms with Crippen molar-refractivity contribution in [1.82, 2.24) is 5.32 Å². The molecule has 1 aromatic carbocycles. The van der Waals surface area contributed by atoms with Crippen LogP contribution in [0.1, 0.15) is 15.9 Å². The van der Waals surface area contributed by atoms with Crippen LogP contribution in [-0.4, -0.2) is 35.5 Å². The summed E-state index contributed by atoms with van der Waals surface area (Å²) in [6.07, 6.45) is 0. The smallest absolute Gasteiger partial charge is 0.321 e. The zero-order chi connectivity index (χ0) is 13.7. The highest BCUT2D eigenvalue weighted by atomic mass is 79.9. The molecule has 1 amide bonds. The van der Waals surface area contributed by atoms with Gasteiger partial charge in [-0.3, -0.25) is 9.59 Å². The maximum atomic E-state index is 11.8. The number of methoxy groups -OCH3 is 1. The summed E-state index contributed by atoms with van der Waals surface area (Å²) in [6, 6.07) is 4.47. The highest BCUT2D eigenvalue weighted by Gasteiger charge is 2.17. The van der Waals surface area contributed by atoms with Gasteiger partial charge in [-0.05, 0) is 30.7 Å². The van der Waals surface area contributed by atoms with Gasteiger partial charge in [0.15, 0.2) is 0 Å². The predicted octanol–water partition coefficient (Wildman–Crippen LogP) is 1.37. The number of aromatic hydroxyl groups is 1. The van der Waals surface area contributed by atoms with Crippen molar-refractivity contribution in [3.05, 3.63) is 29.3 Å². The molecule has 0 aliphatic rings. The first-order valence-corrected chi connectivity index (χ1v) is 6.17. The molecule has 18 heavy (non-hydrogen) atoms. The molecule has 1 unspecified atom stereocenters. The normalized spacial score (nSPS) is 11.7. The molecule has 1 rings (SSSR count). The van der Waals surface area contributed by atoms with Crippen LogP contribution >= 0.6 is 15.9 Å². The molecule has 0 fully saturated rings. The van der Waals surface area contributed by atoms with E-state index in [1.165, 1.54) is 25.3 Å². The minimum absolute atomic E-state index is 0.108. The van der Waals surface area contributed by atoms with E-state index < -0.39 is 10.8 Å². The van der Waals surface area contributed by atoms with E-state index in [-0.39, 0.29) is 18.2 Å². The van der Waals surface area contributed by atoms with E-state index in [1.54, 1.807) is 6.92 Å². The number of aryl methyl sites for hydroxylation is 1. The first kappa shape index (κ1) is 14.5. The minimum atomic E-state index is -0.580. The van der Waals surface area contributed by atoms with E-state index in [1.807, 2.05) is 0 Å². The Balaban J connectivity index is 2.63. The van der Waals surface area contributed by atoms with E-state index in [9.17, 15) is 14.7 Å². The molecular weight excluding hydrogens is 302 g/mol. The molecule has 0 saturated carbocycles. The van der Waals surface area contributed by atoms with Crippen molar-refractivity contribution >= 4 is 27.8 Å². The number of carbonyl (C=O) groups is 2. The van der Waals surface area contributed by atoms with Gasteiger partial charge in [-0.15, -0.1) is 0 Å². The number of amides is 1. The van der Waals surface area contributed by atoms with Gasteiger partial charge in [-0.2, -0.15) is 0 Å². The number of halogens is 1. The number of esters is 1. The highest BCUT2D eigenvalue weighted by molar-refractivity contribution is 9.10. The number of hydrogen-bond donors (Lipinski definition) is 2. The summed E-state index contributed by atoms with van der Waals surface area (Å²) in [4.78, 5) is 22.4. The minimum Gasteiger partial charge on any atom is -0.508 e. The van der Waals surface area contributed by atoms with E-state index in [2.05, 4.69) is 26.0 Å². The SMILES string of the molecule is COC(=O)C(Br)CNC(=O)c1ccc(O)cc1C. The lowest BCUT2D eigenvalue weighted by atomic mass is 10.1. The summed E-state index contributed by atoms with van der Waals surface area (Å²) in [5.74, 6) is -0.643. The summed E-state index contributed by atoms with van der Waals surface area (Å²) in [5, 5.41) is 11.8. The van der Waals surface area contributed by atoms with Crippen molar-refractivity contribution in [1.29, 1.82) is 0 Å². The molecule has 0 radical (unpaired) electrons. The number of nitrogens with one attached hydrogen (secondary N) is 1. The fourth-order valence-electron chi connectivity index (χ4n) is 1.39. The lowest BCUT2D eigenvalue weighted by Crippen LogP contribution is -2.34. The van der Waals surface area contributed by atoms with Crippen LogP contribution in [0.2, 0.25) is 0 Å². The molecule has 5 nitrogen and oxygen atoms in total. The van der Waals surface area contributed by atoms with Gasteiger partial charge >= 0.3 is 5.97 Å². The lowest BCUT2D eigenvalue weighted by Gasteiger charge is -2.10. The Labute approximate surface area is 113 Å². The Bertz CT molecular complexity index is 461. The fourth-order valence-corrected chi connectivity index (χ4v) is 1.74. The van der Waals surface area contributed by atoms with E-state index >= 15 is 0 Å². The summed E-state index contributed by atoms with van der Waals surface area (Å²) < 4.78 is 4.52. The van der Waals surface area contributed by atoms with E-state index in [4.69, 9.17) is 0 Å². The van der Waals surface area contributed by atoms with Crippen LogP contribution in [0.25, 0.3) is 0 Å². The molecule has 0 aliphatic carbocycles. The monoisotopic (exact) mass is 315 g/mol. The summed E-state index contributed by atoms with van der Waals surface area (Å²) in [6.45, 7) is 1.85. The van der Waals surface area contributed by atoms with Crippen LogP contribution < -0.4 is 5.32 Å². The summed E-state index contributed by atoms with van der Waals surface area (Å²) >= 11 is 3.11. The van der Waals surface area contributed by atoms with Crippen molar-refractivity contribution in [3.63, 3.8) is 0 Å². The van der Waals surface area contributed by atoms with Gasteiger partial charge in [0.05, 0.1) is 7.11 Å². The van der Waals surface area contributed by atoms with Crippen LogP contribution in [0.4, 0.5) is 0 Å². The molecule has 2 N–H and O–H groups in total. The molecule has 0 aliphatic heterocycles. The van der Waals surface area contributed by atoms with Crippen LogP contribution in [0.5, 0.6) is 5.75 Å². The second-order valence-electron chi connectivity index (χ2n) is 3.70. The van der Waals surface area contributed by atoms with Crippen LogP contribution in [0, 0.1) is 6.92 Å². The number of phenols is 1. The Hall–Kier alpha value is -1.56. The first-order chi connectivity index (χ1) is 8.45. The molecule has 1 atom stereocenters. The van der Waals surface area contributed by atoms with Crippen LogP contribution in [-0.2, 0) is 9.53 Å². The molecule has 98 valence electrons. The number of rotatable bonds is 4. The maximum absolute atomic E-state index is 11.8. The second kappa shape index (κ2) is 6.39. The number of carbonyl (C=O) groups excluding carboxylic acids is 2. The van der Waals surface area contributed by atoms with Crippen LogP contribution in [0.3, 0.4) is 0 Å². The van der Waals surface area contributed by atoms with Crippen molar-refractivity contribution in [3.8, 4) is 5.75 Å². The first-order valence-electron chi connectivity index (χ1n) is 5.25. The van der Waals surface area contributed by atoms with E-state index in [0.29, 0.717) is 11.1 Å². The van der Waals surface area contributed by atoms with Gasteiger partial charge in [-0.25, -0.2) is 0 Å². The van der Waals surface area contributed by atoms with Gasteiger partial charge in [-0.1, -0.05) is 15.9 Å². The Morgan fingerprint density at radius 1 is 1.50 bits per heavy atom. The number of ether oxygens (including phenoxy) is 1. The van der Waals surface area contributed by atoms with Gasteiger partial charge in [0.2, 0.25) is 0 Å². The van der Waals surface area contributed by atoms with Crippen molar-refractivity contribution in [2.75, 3.05) is 13.7 Å². The third kappa shape index (κ3) is 3.73. The third-order valence-electron chi connectivity index (χ3n) is 2.35. The highest BCUT2D eigenvalue weighted by Crippen LogP contribution is 2.15. The largest absolute Gasteiger partial charge is 0.508 e. The second-order valence-corrected chi connectivity index (χ2v) is 4.81. The standard InChI is InChI=1S/C12H14BrNO4/c1-7-5-8(15)3-4-9(7)11(16)14-6-10(13)12(17)18-2/h3-5,10,15H,6H2,1-2H3,(H,14,16). The van der Waals surface area contributed by atoms with Crippen molar-refractivity contribution in [2.24, 2.45) is 0 Å². The number of alkyl halides is 1. The molecular formula is C12H14BrNO4. The Morgan fingerprint density at radius 2 is 2.17 bits per heavy atom. The van der Waals surface area contributed by atoms with Gasteiger partial charge in [0.1, 0.15) is 10.6 Å². The zero-order valence-electron chi connectivity index (χ0n) is 10.1. The van der Waals surface area contributed by atoms with Crippen molar-refractivity contribution in [2.45, 2.75) is 11.8 Å². The number of hydrogen-bond acceptors (Lipinski definition) is 4. The van der Waals surface area contributed by atoms with Gasteiger partial charge in [0.25, 0.3) is 5.91 Å². The quantitative estimate of drug-likeness (QED) is 0.650. The average molecular weight is 316 g/mol. The molecule has 0 spiro atoms. The summed E-state index contributed by atoms with van der Waals surface area (Å²) in [5.41, 5.74) is 1.12. The lowest BCUT2D eigenvalue weighted by molar-refractivity contribution is -0.139. The van der Waals surface area contributed by atoms with Crippen molar-refractivity contribution < 1.29 is 19.4 Å². The zero-order valence-corrected chi connectivity index (χ0v) is 11.7. The van der Waals surface area contributed by atoms with Crippen LogP contribution in [0.15, 0.2) is 18.2 Å². The third-order valence-corrected chi connectivity index (χ3v) is 3.05. The molecule has 1 aromatic rings. The maximum Gasteiger partial charge on any atom is 0.321 e. The topological polar surface area (TPSA) is 75.6 Å². The number of benzene rings is 1. The van der Waals surface area contributed by atoms with Gasteiger partial charge in [0, 0.05) is 12.1 Å².